The number of rotatable bonds is 41. The van der Waals surface area contributed by atoms with Gasteiger partial charge in [0.2, 0.25) is 0 Å². The summed E-state index contributed by atoms with van der Waals surface area (Å²) in [5.41, 5.74) is 0. The Kier molecular flexibility index (Phi) is 49.1. The lowest BCUT2D eigenvalue weighted by molar-refractivity contribution is -0.150. The van der Waals surface area contributed by atoms with Crippen LogP contribution in [0.3, 0.4) is 0 Å². The molecule has 0 heterocycles. The summed E-state index contributed by atoms with van der Waals surface area (Å²) >= 11 is 0. The fraction of sp³-hybridized carbons (Fsp3) is 0.875. The zero-order chi connectivity index (χ0) is 44.8. The minimum atomic E-state index is -0.914. The Hall–Kier alpha value is -2.82. The van der Waals surface area contributed by atoms with Crippen LogP contribution in [0.4, 0.5) is 0 Å². The lowest BCUT2D eigenvalue weighted by atomic mass is 10.0. The first kappa shape index (κ1) is 60.5. The van der Waals surface area contributed by atoms with Crippen molar-refractivity contribution in [2.75, 3.05) is 0 Å². The number of carbonyl (C=O) groups is 6. The second kappa shape index (κ2) is 47.9. The maximum absolute atomic E-state index is 12.2. The van der Waals surface area contributed by atoms with E-state index >= 15 is 0 Å². The van der Waals surface area contributed by atoms with E-state index < -0.39 is 17.9 Å². The molecule has 4 N–H and O–H groups in total. The van der Waals surface area contributed by atoms with Gasteiger partial charge in [-0.15, -0.1) is 0 Å². The molecular weight excluding hydrogens is 753 g/mol. The van der Waals surface area contributed by atoms with Crippen molar-refractivity contribution in [2.45, 2.75) is 271 Å². The van der Waals surface area contributed by atoms with E-state index in [2.05, 4.69) is 27.7 Å². The summed E-state index contributed by atoms with van der Waals surface area (Å²) in [4.78, 5) is 65.6. The van der Waals surface area contributed by atoms with E-state index in [4.69, 9.17) is 20.1 Å². The van der Waals surface area contributed by atoms with E-state index in [-0.39, 0.29) is 74.7 Å². The van der Waals surface area contributed by atoms with Gasteiger partial charge < -0.3 is 25.2 Å². The summed E-state index contributed by atoms with van der Waals surface area (Å²) in [6.45, 7) is 8.89. The van der Waals surface area contributed by atoms with Gasteiger partial charge in [0.05, 0.1) is 6.10 Å². The first-order valence-corrected chi connectivity index (χ1v) is 23.9. The third-order valence-corrected chi connectivity index (χ3v) is 10.2. The van der Waals surface area contributed by atoms with Crippen LogP contribution in [0, 0.1) is 0 Å². The number of carbonyl (C=O) groups excluding carboxylic acids is 3. The van der Waals surface area contributed by atoms with Crippen LogP contribution < -0.4 is 0 Å². The second-order valence-electron chi connectivity index (χ2n) is 16.3. The number of carboxylic acids is 3. The molecule has 0 amide bonds. The molecule has 0 aromatic carbocycles. The van der Waals surface area contributed by atoms with Gasteiger partial charge in [-0.2, -0.15) is 0 Å². The molecule has 0 aliphatic carbocycles. The molecule has 0 aliphatic heterocycles. The molecule has 11 nitrogen and oxygen atoms in total. The summed E-state index contributed by atoms with van der Waals surface area (Å²) in [7, 11) is 0. The highest BCUT2D eigenvalue weighted by molar-refractivity contribution is 5.80. The van der Waals surface area contributed by atoms with Crippen LogP contribution in [-0.2, 0) is 33.5 Å². The van der Waals surface area contributed by atoms with Crippen molar-refractivity contribution >= 4 is 35.4 Å². The number of hydrogen-bond acceptors (Lipinski definition) is 8. The fourth-order valence-electron chi connectivity index (χ4n) is 6.56. The molecule has 0 aliphatic rings. The van der Waals surface area contributed by atoms with Crippen LogP contribution in [0.15, 0.2) is 0 Å². The third kappa shape index (κ3) is 55.2. The number of carboxylic acid groups (broad SMARTS) is 3. The summed E-state index contributed by atoms with van der Waals surface area (Å²) in [5.74, 6) is -2.94. The lowest BCUT2D eigenvalue weighted by Gasteiger charge is -2.18. The highest BCUT2D eigenvalue weighted by Crippen LogP contribution is 2.18. The Morgan fingerprint density at radius 2 is 0.627 bits per heavy atom. The number of ether oxygens (including phenoxy) is 1. The van der Waals surface area contributed by atoms with E-state index in [1.165, 1.54) is 116 Å². The van der Waals surface area contributed by atoms with Crippen molar-refractivity contribution in [3.63, 3.8) is 0 Å². The molecule has 348 valence electrons. The molecule has 0 aromatic rings. The number of ketones is 2. The molecule has 0 spiro atoms. The Balaban J connectivity index is -0.000000880. The number of aliphatic hydroxyl groups excluding tert-OH is 1. The van der Waals surface area contributed by atoms with Gasteiger partial charge in [-0.25, -0.2) is 0 Å². The largest absolute Gasteiger partial charge is 0.481 e. The molecule has 0 atom stereocenters. The normalized spacial score (nSPS) is 10.8. The summed E-state index contributed by atoms with van der Waals surface area (Å²) in [6, 6.07) is 0. The molecular formula is C48H90O11. The van der Waals surface area contributed by atoms with Gasteiger partial charge in [0.25, 0.3) is 0 Å². The van der Waals surface area contributed by atoms with Crippen molar-refractivity contribution in [1.29, 1.82) is 0 Å². The molecule has 0 aromatic heterocycles. The molecule has 0 fully saturated rings. The first-order valence-electron chi connectivity index (χ1n) is 23.9. The highest BCUT2D eigenvalue weighted by Gasteiger charge is 2.15. The molecule has 0 rings (SSSR count). The molecule has 0 saturated heterocycles. The Bertz CT molecular complexity index is 963. The smallest absolute Gasteiger partial charge is 0.306 e. The SMILES string of the molecule is CCCCCCCC(CCCCCCC)OC(=O)CCCC(=O)CCCC(=O)O.CCCCCCCC(O)CCCCCCC.O=C(O)CCCC(=O)CCCC(=O)O. The van der Waals surface area contributed by atoms with Crippen LogP contribution in [0.1, 0.15) is 259 Å². The lowest BCUT2D eigenvalue weighted by Crippen LogP contribution is -2.18. The highest BCUT2D eigenvalue weighted by atomic mass is 16.5. The van der Waals surface area contributed by atoms with Gasteiger partial charge in [-0.05, 0) is 64.2 Å². The summed E-state index contributed by atoms with van der Waals surface area (Å²) in [6.07, 6.45) is 31.9. The van der Waals surface area contributed by atoms with Gasteiger partial charge in [-0.1, -0.05) is 143 Å². The number of hydrogen-bond donors (Lipinski definition) is 4. The average molecular weight is 843 g/mol. The van der Waals surface area contributed by atoms with Gasteiger partial charge in [0.1, 0.15) is 17.7 Å². The number of aliphatic hydroxyl groups is 1. The first-order chi connectivity index (χ1) is 28.3. The van der Waals surface area contributed by atoms with Gasteiger partial charge >= 0.3 is 23.9 Å². The van der Waals surface area contributed by atoms with Crippen LogP contribution in [0.5, 0.6) is 0 Å². The van der Waals surface area contributed by atoms with Gasteiger partial charge in [0.15, 0.2) is 0 Å². The second-order valence-corrected chi connectivity index (χ2v) is 16.3. The zero-order valence-electron chi connectivity index (χ0n) is 38.3. The van der Waals surface area contributed by atoms with Crippen molar-refractivity contribution in [1.82, 2.24) is 0 Å². The zero-order valence-corrected chi connectivity index (χ0v) is 38.3. The van der Waals surface area contributed by atoms with E-state index in [0.29, 0.717) is 32.1 Å². The predicted molar refractivity (Wildman–Crippen MR) is 238 cm³/mol. The van der Waals surface area contributed by atoms with Crippen molar-refractivity contribution in [2.24, 2.45) is 0 Å². The van der Waals surface area contributed by atoms with E-state index in [1.807, 2.05) is 0 Å². The quantitative estimate of drug-likeness (QED) is 0.0338. The van der Waals surface area contributed by atoms with Gasteiger partial charge in [0, 0.05) is 51.4 Å². The van der Waals surface area contributed by atoms with Crippen LogP contribution >= 0.6 is 0 Å². The van der Waals surface area contributed by atoms with E-state index in [9.17, 15) is 33.9 Å². The predicted octanol–water partition coefficient (Wildman–Crippen LogP) is 12.7. The number of esters is 1. The molecule has 0 unspecified atom stereocenters. The monoisotopic (exact) mass is 843 g/mol. The molecule has 0 radical (unpaired) electrons. The topological polar surface area (TPSA) is 193 Å². The van der Waals surface area contributed by atoms with Crippen LogP contribution in [0.25, 0.3) is 0 Å². The molecule has 0 bridgehead atoms. The van der Waals surface area contributed by atoms with Crippen molar-refractivity contribution in [3.8, 4) is 0 Å². The Morgan fingerprint density at radius 1 is 0.356 bits per heavy atom. The number of Topliss-reactive ketones (excluding diaryl/α,β-unsaturated/α-hetero) is 2. The molecule has 11 heteroatoms. The average Bonchev–Trinajstić information content (AvgIpc) is 3.17. The maximum atomic E-state index is 12.2. The molecule has 0 saturated carbocycles. The van der Waals surface area contributed by atoms with E-state index in [1.54, 1.807) is 0 Å². The Labute approximate surface area is 359 Å². The minimum Gasteiger partial charge on any atom is -0.481 e. The number of aliphatic carboxylic acids is 3. The minimum absolute atomic E-state index is 0.00926. The van der Waals surface area contributed by atoms with Gasteiger partial charge in [-0.3, -0.25) is 28.8 Å². The fourth-order valence-corrected chi connectivity index (χ4v) is 6.56. The summed E-state index contributed by atoms with van der Waals surface area (Å²) < 4.78 is 5.73. The number of unbranched alkanes of at least 4 members (excludes halogenated alkanes) is 16. The van der Waals surface area contributed by atoms with Crippen LogP contribution in [-0.4, -0.2) is 68.1 Å². The van der Waals surface area contributed by atoms with E-state index in [0.717, 1.165) is 38.5 Å². The third-order valence-electron chi connectivity index (χ3n) is 10.2. The Morgan fingerprint density at radius 3 is 0.915 bits per heavy atom. The van der Waals surface area contributed by atoms with Crippen LogP contribution in [0.2, 0.25) is 0 Å². The van der Waals surface area contributed by atoms with Crippen molar-refractivity contribution in [3.05, 3.63) is 0 Å². The molecule has 59 heavy (non-hydrogen) atoms. The van der Waals surface area contributed by atoms with Crippen molar-refractivity contribution < 1.29 is 53.9 Å². The maximum Gasteiger partial charge on any atom is 0.306 e. The standard InChI is InChI=1S/C24H44O5.C15H32O.C9H14O5/c1-3-5-7-9-11-17-22(18-12-10-8-6-4-2)29-24(28)20-14-16-21(25)15-13-19-23(26)27;1-3-5-7-9-11-13-15(16)14-12-10-8-6-4-2;10-7(3-1-5-8(11)12)4-2-6-9(13)14/h22H,3-20H2,1-2H3,(H,26,27);15-16H,3-14H2,1-2H3;1-6H2,(H,11,12)(H,13,14). The summed E-state index contributed by atoms with van der Waals surface area (Å²) in [5, 5.41) is 34.9.